The van der Waals surface area contributed by atoms with E-state index in [9.17, 15) is 0 Å². The first-order chi connectivity index (χ1) is 32.3. The normalized spacial score (nSPS) is 24.4. The van der Waals surface area contributed by atoms with Crippen LogP contribution in [0.15, 0.2) is 97.1 Å². The van der Waals surface area contributed by atoms with Gasteiger partial charge in [0.2, 0.25) is 5.95 Å². The van der Waals surface area contributed by atoms with E-state index in [1.807, 2.05) is 14.0 Å². The molecule has 0 aliphatic carbocycles. The smallest absolute Gasteiger partial charge is 0.208 e. The van der Waals surface area contributed by atoms with Crippen molar-refractivity contribution >= 4 is 39.7 Å². The standard InChI is InChI=1S/C55H70F2N10/c1-35-10-8-9-11-49(59-7)46(31-58)51-28-43(26-37(3)61-51)38(4)62-54-63-50-15-13-41(27-52(50)67(54)32-35)33-64-22-17-55(18-23-64)19-24-65(25-20-55)40(6)42-16-21-66(34-42)44-29-47(56)53(48(57)30-44)45-14-12-36(2)60-39(45)5/h13,15,26-31,35,42,45,60H,2,4-6,8-12,14,16-25,32-34,58H2,1,3,7H3,(H,62,63)/t35-,42?,45?/m1/s1. The second-order valence-electron chi connectivity index (χ2n) is 20.3. The molecule has 12 heteroatoms. The third kappa shape index (κ3) is 9.82. The molecule has 10 nitrogen and oxygen atoms in total. The molecule has 0 radical (unpaired) electrons. The van der Waals surface area contributed by atoms with E-state index in [-0.39, 0.29) is 11.5 Å². The maximum Gasteiger partial charge on any atom is 0.208 e. The maximum atomic E-state index is 15.6. The largest absolute Gasteiger partial charge is 0.404 e. The van der Waals surface area contributed by atoms with Crippen molar-refractivity contribution < 1.29 is 8.78 Å². The van der Waals surface area contributed by atoms with Gasteiger partial charge < -0.3 is 30.7 Å². The number of imidazole rings is 1. The molecule has 4 N–H and O–H groups in total. The van der Waals surface area contributed by atoms with Crippen molar-refractivity contribution in [1.82, 2.24) is 29.7 Å². The number of nitrogens with two attached hydrogens (primary N) is 1. The van der Waals surface area contributed by atoms with Crippen molar-refractivity contribution in [2.45, 2.75) is 103 Å². The average Bonchev–Trinajstić information content (AvgIpc) is 3.93. The molecular formula is C55H70F2N10. The molecule has 5 aliphatic rings. The number of likely N-dealkylation sites (tertiary alicyclic amines) is 2. The van der Waals surface area contributed by atoms with Crippen LogP contribution in [-0.2, 0) is 13.1 Å². The zero-order valence-corrected chi connectivity index (χ0v) is 40.1. The van der Waals surface area contributed by atoms with E-state index in [1.54, 1.807) is 6.20 Å². The van der Waals surface area contributed by atoms with E-state index < -0.39 is 17.6 Å². The van der Waals surface area contributed by atoms with Crippen LogP contribution in [0.1, 0.15) is 112 Å². The molecule has 2 aromatic heterocycles. The third-order valence-corrected chi connectivity index (χ3v) is 15.7. The minimum Gasteiger partial charge on any atom is -0.404 e. The van der Waals surface area contributed by atoms with Gasteiger partial charge in [0.05, 0.1) is 16.7 Å². The Hall–Kier alpha value is -5.75. The van der Waals surface area contributed by atoms with Crippen LogP contribution >= 0.6 is 0 Å². The average molecular weight is 909 g/mol. The second kappa shape index (κ2) is 19.5. The van der Waals surface area contributed by atoms with E-state index >= 15 is 8.78 Å². The van der Waals surface area contributed by atoms with Crippen molar-refractivity contribution in [2.24, 2.45) is 28.0 Å². The number of hydrogen-bond donors (Lipinski definition) is 3. The Morgan fingerprint density at radius 1 is 0.896 bits per heavy atom. The molecule has 9 rings (SSSR count). The number of halogens is 2. The van der Waals surface area contributed by atoms with Gasteiger partial charge in [-0.3, -0.25) is 14.9 Å². The highest BCUT2D eigenvalue weighted by Crippen LogP contribution is 2.44. The first-order valence-electron chi connectivity index (χ1n) is 24.7. The lowest BCUT2D eigenvalue weighted by atomic mass is 9.71. The van der Waals surface area contributed by atoms with Crippen molar-refractivity contribution in [3.8, 4) is 0 Å². The summed E-state index contributed by atoms with van der Waals surface area (Å²) in [6, 6.07) is 13.9. The third-order valence-electron chi connectivity index (χ3n) is 15.7. The van der Waals surface area contributed by atoms with Gasteiger partial charge in [-0.2, -0.15) is 0 Å². The summed E-state index contributed by atoms with van der Waals surface area (Å²) in [6.07, 6.45) is 12.7. The number of allylic oxidation sites excluding steroid dienone is 3. The number of aryl methyl sites for hydroxylation is 1. The quantitative estimate of drug-likeness (QED) is 0.176. The lowest BCUT2D eigenvalue weighted by molar-refractivity contribution is 0.0396. The van der Waals surface area contributed by atoms with Crippen LogP contribution < -0.4 is 21.3 Å². The molecule has 2 unspecified atom stereocenters. The molecule has 67 heavy (non-hydrogen) atoms. The van der Waals surface area contributed by atoms with Crippen molar-refractivity contribution in [1.29, 1.82) is 0 Å². The van der Waals surface area contributed by atoms with Crippen LogP contribution in [0.25, 0.3) is 22.3 Å². The van der Waals surface area contributed by atoms with Gasteiger partial charge in [0, 0.05) is 121 Å². The van der Waals surface area contributed by atoms with E-state index in [1.165, 1.54) is 49.1 Å². The monoisotopic (exact) mass is 909 g/mol. The summed E-state index contributed by atoms with van der Waals surface area (Å²) in [6.45, 7) is 28.9. The Kier molecular flexibility index (Phi) is 13.5. The maximum absolute atomic E-state index is 15.6. The van der Waals surface area contributed by atoms with Crippen molar-refractivity contribution in [3.05, 3.63) is 132 Å². The fraction of sp³-hybridized carbons (Fsp3) is 0.473. The number of nitrogens with one attached hydrogen (secondary N) is 2. The number of piperidine rings is 3. The number of hydrogen-bond acceptors (Lipinski definition) is 9. The Bertz CT molecular complexity index is 2600. The summed E-state index contributed by atoms with van der Waals surface area (Å²) in [4.78, 5) is 21.9. The second-order valence-corrected chi connectivity index (χ2v) is 20.3. The van der Waals surface area contributed by atoms with Gasteiger partial charge in [-0.25, -0.2) is 13.8 Å². The van der Waals surface area contributed by atoms with Crippen molar-refractivity contribution in [2.75, 3.05) is 56.5 Å². The Balaban J connectivity index is 0.811. The summed E-state index contributed by atoms with van der Waals surface area (Å²) >= 11 is 0. The number of aromatic nitrogens is 3. The van der Waals surface area contributed by atoms with E-state index in [0.717, 1.165) is 141 Å². The molecule has 2 aromatic carbocycles. The fourth-order valence-electron chi connectivity index (χ4n) is 11.6. The molecule has 1 spiro atoms. The Morgan fingerprint density at radius 3 is 2.36 bits per heavy atom. The topological polar surface area (TPSA) is 103 Å². The highest BCUT2D eigenvalue weighted by molar-refractivity contribution is 6.23. The van der Waals surface area contributed by atoms with Crippen LogP contribution in [0.5, 0.6) is 0 Å². The molecule has 2 bridgehead atoms. The highest BCUT2D eigenvalue weighted by Gasteiger charge is 2.39. The molecule has 3 atom stereocenters. The minimum atomic E-state index is -0.501. The molecule has 354 valence electrons. The summed E-state index contributed by atoms with van der Waals surface area (Å²) in [5.74, 6) is 0.114. The van der Waals surface area contributed by atoms with Crippen LogP contribution in [0.3, 0.4) is 0 Å². The van der Waals surface area contributed by atoms with Gasteiger partial charge in [0.25, 0.3) is 0 Å². The fourth-order valence-corrected chi connectivity index (χ4v) is 11.6. The van der Waals surface area contributed by atoms with Crippen LogP contribution in [0.4, 0.5) is 20.4 Å². The first-order valence-corrected chi connectivity index (χ1v) is 24.7. The SMILES string of the molecule is C=C1CCC(c2c(F)cc(N3CCC(C(=C)N4CCC5(CCN(Cc6ccc7nc8n(c7c6)C[C@H](C)CCCCC(=NC)C(=CN)c6cc(cc(C)n6)C(=C)N8)CC5)CC4)C3)cc2F)C(=C)N1. The number of pyridine rings is 1. The molecule has 4 saturated heterocycles. The Morgan fingerprint density at radius 2 is 1.64 bits per heavy atom. The number of benzene rings is 2. The van der Waals surface area contributed by atoms with Crippen molar-refractivity contribution in [3.63, 3.8) is 0 Å². The van der Waals surface area contributed by atoms with Gasteiger partial charge >= 0.3 is 0 Å². The van der Waals surface area contributed by atoms with E-state index in [0.29, 0.717) is 35.6 Å². The van der Waals surface area contributed by atoms with Crippen LogP contribution in [-0.4, -0.2) is 76.4 Å². The van der Waals surface area contributed by atoms with Gasteiger partial charge in [-0.1, -0.05) is 45.7 Å². The lowest BCUT2D eigenvalue weighted by Crippen LogP contribution is -2.46. The molecule has 4 fully saturated rings. The summed E-state index contributed by atoms with van der Waals surface area (Å²) < 4.78 is 33.5. The Labute approximate surface area is 396 Å². The first kappa shape index (κ1) is 46.4. The number of anilines is 2. The van der Waals surface area contributed by atoms with Gasteiger partial charge in [-0.15, -0.1) is 0 Å². The summed E-state index contributed by atoms with van der Waals surface area (Å²) in [5.41, 5.74) is 18.6. The lowest BCUT2D eigenvalue weighted by Gasteiger charge is -2.48. The minimum absolute atomic E-state index is 0.104. The molecular weight excluding hydrogens is 839 g/mol. The predicted octanol–water partition coefficient (Wildman–Crippen LogP) is 10.9. The number of aliphatic imine (C=N–C) groups is 1. The van der Waals surface area contributed by atoms with Gasteiger partial charge in [-0.05, 0) is 138 Å². The molecule has 0 saturated carbocycles. The molecule has 7 heterocycles. The van der Waals surface area contributed by atoms with E-state index in [2.05, 4.69) is 98.5 Å². The number of fused-ring (bicyclic) bond motifs is 5. The number of nitrogens with zero attached hydrogens (tertiary/aromatic N) is 7. The van der Waals surface area contributed by atoms with Gasteiger partial charge in [0.1, 0.15) is 11.6 Å². The highest BCUT2D eigenvalue weighted by atomic mass is 19.1. The molecule has 4 aromatic rings. The zero-order chi connectivity index (χ0) is 47.0. The zero-order valence-electron chi connectivity index (χ0n) is 40.1. The van der Waals surface area contributed by atoms with Gasteiger partial charge in [0.15, 0.2) is 0 Å². The number of rotatable bonds is 6. The van der Waals surface area contributed by atoms with Crippen LogP contribution in [0.2, 0.25) is 0 Å². The predicted molar refractivity (Wildman–Crippen MR) is 271 cm³/mol. The van der Waals surface area contributed by atoms with E-state index in [4.69, 9.17) is 15.7 Å². The summed E-state index contributed by atoms with van der Waals surface area (Å²) in [7, 11) is 1.84. The molecule has 5 aliphatic heterocycles. The van der Waals surface area contributed by atoms with Crippen LogP contribution in [0, 0.1) is 35.8 Å². The summed E-state index contributed by atoms with van der Waals surface area (Å²) in [5, 5.41) is 6.72. The molecule has 0 amide bonds.